The zero-order valence-electron chi connectivity index (χ0n) is 17.3. The molecule has 1 radical (unpaired) electrons. The van der Waals surface area contributed by atoms with E-state index in [1.807, 2.05) is 48.5 Å². The summed E-state index contributed by atoms with van der Waals surface area (Å²) in [7, 11) is 1.55. The molecule has 0 fully saturated rings. The van der Waals surface area contributed by atoms with E-state index in [-0.39, 0.29) is 6.10 Å². The smallest absolute Gasteiger partial charge is 0.407 e. The lowest BCUT2D eigenvalue weighted by atomic mass is 10.2. The molecule has 0 aliphatic rings. The van der Waals surface area contributed by atoms with Crippen LogP contribution >= 0.6 is 0 Å². The first kappa shape index (κ1) is 21.2. The summed E-state index contributed by atoms with van der Waals surface area (Å²) in [5.41, 5.74) is 2.36. The van der Waals surface area contributed by atoms with Crippen molar-refractivity contribution in [3.8, 4) is 23.1 Å². The summed E-state index contributed by atoms with van der Waals surface area (Å²) in [5.74, 6) is 1.47. The van der Waals surface area contributed by atoms with E-state index in [1.54, 1.807) is 21.0 Å². The van der Waals surface area contributed by atoms with E-state index in [0.29, 0.717) is 42.9 Å². The van der Waals surface area contributed by atoms with Crippen molar-refractivity contribution in [2.24, 2.45) is 0 Å². The Hall–Kier alpha value is -3.48. The lowest BCUT2D eigenvalue weighted by Gasteiger charge is -2.10. The molecule has 0 bridgehead atoms. The molecule has 0 aliphatic carbocycles. The number of oxazole rings is 1. The van der Waals surface area contributed by atoms with Gasteiger partial charge in [0.05, 0.1) is 19.8 Å². The van der Waals surface area contributed by atoms with E-state index in [0.717, 1.165) is 11.1 Å². The van der Waals surface area contributed by atoms with Crippen molar-refractivity contribution < 1.29 is 23.4 Å². The Kier molecular flexibility index (Phi) is 7.32. The van der Waals surface area contributed by atoms with Gasteiger partial charge in [-0.2, -0.15) is 0 Å². The number of nitrogens with one attached hydrogen (secondary N) is 1. The lowest BCUT2D eigenvalue weighted by molar-refractivity contribution is 0.115. The molecule has 1 aromatic heterocycles. The third kappa shape index (κ3) is 6.01. The van der Waals surface area contributed by atoms with Crippen LogP contribution in [0.15, 0.2) is 52.9 Å². The number of carbonyl (C=O) groups is 1. The van der Waals surface area contributed by atoms with E-state index in [9.17, 15) is 4.79 Å². The van der Waals surface area contributed by atoms with E-state index < -0.39 is 6.09 Å². The average Bonchev–Trinajstić information content (AvgIpc) is 3.16. The van der Waals surface area contributed by atoms with Crippen molar-refractivity contribution in [3.63, 3.8) is 0 Å². The molecule has 1 heterocycles. The molecule has 1 amide bonds. The highest BCUT2D eigenvalue weighted by atomic mass is 16.6. The standard InChI is InChI=1S/C23H25N2O5/c1-16(2)29-23(26)24-15-17-8-7-11-19(14-17)28-13-12-20-22(27-3)30-21(25-20)18-9-5-4-6-10-18/h4-11,16H,12-13,15H2,1-3H3,(H,24,26). The van der Waals surface area contributed by atoms with Crippen molar-refractivity contribution in [1.29, 1.82) is 0 Å². The minimum atomic E-state index is -0.461. The minimum absolute atomic E-state index is 0.167. The fourth-order valence-corrected chi connectivity index (χ4v) is 2.72. The molecule has 3 rings (SSSR count). The molecule has 30 heavy (non-hydrogen) atoms. The molecular formula is C23H25N2O5. The molecule has 2 aromatic carbocycles. The van der Waals surface area contributed by atoms with Crippen LogP contribution in [0.2, 0.25) is 0 Å². The van der Waals surface area contributed by atoms with Gasteiger partial charge in [0.1, 0.15) is 11.4 Å². The number of methoxy groups -OCH3 is 1. The van der Waals surface area contributed by atoms with Gasteiger partial charge in [0.2, 0.25) is 5.89 Å². The topological polar surface area (TPSA) is 82.8 Å². The summed E-state index contributed by atoms with van der Waals surface area (Å²) < 4.78 is 21.9. The maximum atomic E-state index is 11.6. The van der Waals surface area contributed by atoms with Crippen LogP contribution in [-0.2, 0) is 17.7 Å². The van der Waals surface area contributed by atoms with Gasteiger partial charge < -0.3 is 23.9 Å². The van der Waals surface area contributed by atoms with Crippen LogP contribution in [-0.4, -0.2) is 30.9 Å². The Morgan fingerprint density at radius 3 is 2.70 bits per heavy atom. The van der Waals surface area contributed by atoms with Crippen molar-refractivity contribution in [2.75, 3.05) is 13.7 Å². The fraction of sp³-hybridized carbons (Fsp3) is 0.304. The summed E-state index contributed by atoms with van der Waals surface area (Å²) in [6, 6.07) is 18.3. The van der Waals surface area contributed by atoms with Gasteiger partial charge in [0.25, 0.3) is 0 Å². The number of hydrogen-bond acceptors (Lipinski definition) is 6. The molecular weight excluding hydrogens is 384 g/mol. The summed E-state index contributed by atoms with van der Waals surface area (Å²) >= 11 is 0. The van der Waals surface area contributed by atoms with E-state index >= 15 is 0 Å². The molecule has 0 aliphatic heterocycles. The maximum Gasteiger partial charge on any atom is 0.407 e. The molecule has 7 heteroatoms. The Balaban J connectivity index is 1.55. The SMILES string of the molecule is COc1oc(-c2ccccc2)nc1CCOc1[c]c(CNC(=O)OC(C)C)ccc1. The number of benzene rings is 2. The van der Waals surface area contributed by atoms with E-state index in [4.69, 9.17) is 18.6 Å². The van der Waals surface area contributed by atoms with Crippen molar-refractivity contribution >= 4 is 6.09 Å². The number of ether oxygens (including phenoxy) is 3. The molecule has 0 atom stereocenters. The number of alkyl carbamates (subject to hydrolysis) is 1. The fourth-order valence-electron chi connectivity index (χ4n) is 2.72. The molecule has 7 nitrogen and oxygen atoms in total. The van der Waals surface area contributed by atoms with Crippen molar-refractivity contribution in [3.05, 3.63) is 65.9 Å². The molecule has 0 unspecified atom stereocenters. The first-order valence-electron chi connectivity index (χ1n) is 9.72. The Morgan fingerprint density at radius 1 is 1.17 bits per heavy atom. The largest absolute Gasteiger partial charge is 0.493 e. The molecule has 0 saturated carbocycles. The van der Waals surface area contributed by atoms with Crippen molar-refractivity contribution in [2.45, 2.75) is 32.9 Å². The lowest BCUT2D eigenvalue weighted by Crippen LogP contribution is -2.26. The number of carbonyl (C=O) groups excluding carboxylic acids is 1. The van der Waals surface area contributed by atoms with Gasteiger partial charge in [0.15, 0.2) is 0 Å². The Morgan fingerprint density at radius 2 is 1.97 bits per heavy atom. The average molecular weight is 409 g/mol. The molecule has 157 valence electrons. The highest BCUT2D eigenvalue weighted by Gasteiger charge is 2.15. The van der Waals surface area contributed by atoms with Gasteiger partial charge in [-0.05, 0) is 37.6 Å². The number of hydrogen-bond donors (Lipinski definition) is 1. The third-order valence-electron chi connectivity index (χ3n) is 4.06. The second-order valence-electron chi connectivity index (χ2n) is 6.77. The zero-order chi connectivity index (χ0) is 21.3. The highest BCUT2D eigenvalue weighted by Crippen LogP contribution is 2.27. The van der Waals surface area contributed by atoms with Crippen LogP contribution in [0.1, 0.15) is 25.1 Å². The predicted molar refractivity (Wildman–Crippen MR) is 111 cm³/mol. The van der Waals surface area contributed by atoms with Crippen LogP contribution in [0, 0.1) is 6.07 Å². The van der Waals surface area contributed by atoms with Crippen LogP contribution in [0.4, 0.5) is 4.79 Å². The second-order valence-corrected chi connectivity index (χ2v) is 6.77. The number of amides is 1. The summed E-state index contributed by atoms with van der Waals surface area (Å²) in [6.45, 7) is 4.28. The number of aromatic nitrogens is 1. The van der Waals surface area contributed by atoms with Crippen LogP contribution < -0.4 is 14.8 Å². The zero-order valence-corrected chi connectivity index (χ0v) is 17.3. The number of rotatable bonds is 9. The Bertz CT molecular complexity index is 953. The van der Waals surface area contributed by atoms with E-state index in [2.05, 4.69) is 16.4 Å². The van der Waals surface area contributed by atoms with Gasteiger partial charge >= 0.3 is 12.0 Å². The summed E-state index contributed by atoms with van der Waals surface area (Å²) in [4.78, 5) is 16.1. The highest BCUT2D eigenvalue weighted by molar-refractivity contribution is 5.67. The predicted octanol–water partition coefficient (Wildman–Crippen LogP) is 4.41. The van der Waals surface area contributed by atoms with Gasteiger partial charge in [-0.15, -0.1) is 0 Å². The molecule has 1 N–H and O–H groups in total. The Labute approximate surface area is 176 Å². The van der Waals surface area contributed by atoms with Gasteiger partial charge in [-0.1, -0.05) is 30.3 Å². The summed E-state index contributed by atoms with van der Waals surface area (Å²) in [6.07, 6.45) is -0.118. The van der Waals surface area contributed by atoms with Crippen molar-refractivity contribution in [1.82, 2.24) is 10.3 Å². The maximum absolute atomic E-state index is 11.6. The first-order valence-corrected chi connectivity index (χ1v) is 9.72. The van der Waals surface area contributed by atoms with Gasteiger partial charge in [0, 0.05) is 24.6 Å². The molecule has 3 aromatic rings. The molecule has 0 spiro atoms. The van der Waals surface area contributed by atoms with Gasteiger partial charge in [-0.3, -0.25) is 0 Å². The normalized spacial score (nSPS) is 10.7. The second kappa shape index (κ2) is 10.3. The molecule has 0 saturated heterocycles. The number of nitrogens with zero attached hydrogens (tertiary/aromatic N) is 1. The van der Waals surface area contributed by atoms with Crippen LogP contribution in [0.25, 0.3) is 11.5 Å². The third-order valence-corrected chi connectivity index (χ3v) is 4.06. The van der Waals surface area contributed by atoms with Crippen LogP contribution in [0.5, 0.6) is 11.7 Å². The quantitative estimate of drug-likeness (QED) is 0.564. The monoisotopic (exact) mass is 409 g/mol. The van der Waals surface area contributed by atoms with Gasteiger partial charge in [-0.25, -0.2) is 9.78 Å². The first-order chi connectivity index (χ1) is 14.5. The van der Waals surface area contributed by atoms with Crippen LogP contribution in [0.3, 0.4) is 0 Å². The minimum Gasteiger partial charge on any atom is -0.493 e. The summed E-state index contributed by atoms with van der Waals surface area (Å²) in [5, 5.41) is 2.69. The van der Waals surface area contributed by atoms with E-state index in [1.165, 1.54) is 0 Å².